The monoisotopic (exact) mass is 358 g/mol. The summed E-state index contributed by atoms with van der Waals surface area (Å²) in [4.78, 5) is 11.9. The van der Waals surface area contributed by atoms with Gasteiger partial charge in [0.1, 0.15) is 0 Å². The van der Waals surface area contributed by atoms with Crippen molar-refractivity contribution >= 4 is 46.5 Å². The molecule has 0 bridgehead atoms. The zero-order chi connectivity index (χ0) is 15.1. The molecule has 1 atom stereocenters. The minimum atomic E-state index is -0.0979. The van der Waals surface area contributed by atoms with Crippen molar-refractivity contribution in [1.29, 1.82) is 0 Å². The van der Waals surface area contributed by atoms with E-state index in [1.165, 1.54) is 16.9 Å². The van der Waals surface area contributed by atoms with Gasteiger partial charge in [-0.25, -0.2) is 0 Å². The molecule has 0 saturated heterocycles. The van der Waals surface area contributed by atoms with Crippen LogP contribution in [0.3, 0.4) is 0 Å². The highest BCUT2D eigenvalue weighted by atomic mass is 35.5. The fourth-order valence-corrected chi connectivity index (χ4v) is 3.38. The topological polar surface area (TPSA) is 66.9 Å². The Hall–Kier alpha value is -1.15. The van der Waals surface area contributed by atoms with Crippen LogP contribution in [0, 0.1) is 5.92 Å². The number of carbonyl (C=O) groups excluding carboxylic acids is 1. The summed E-state index contributed by atoms with van der Waals surface area (Å²) in [6.07, 6.45) is 0. The largest absolute Gasteiger partial charge is 0.319 e. The smallest absolute Gasteiger partial charge is 0.230 e. The van der Waals surface area contributed by atoms with E-state index in [4.69, 9.17) is 0 Å². The first-order valence-corrected chi connectivity index (χ1v) is 8.45. The molecule has 0 aliphatic rings. The van der Waals surface area contributed by atoms with Gasteiger partial charge < -0.3 is 10.6 Å². The lowest BCUT2D eigenvalue weighted by Crippen LogP contribution is -2.28. The summed E-state index contributed by atoms with van der Waals surface area (Å²) in [5.74, 6) is 0.707. The first-order chi connectivity index (χ1) is 10.2. The van der Waals surface area contributed by atoms with E-state index in [-0.39, 0.29) is 24.2 Å². The summed E-state index contributed by atoms with van der Waals surface area (Å²) < 4.78 is 0.857. The molecule has 0 saturated carbocycles. The summed E-state index contributed by atoms with van der Waals surface area (Å²) in [6, 6.07) is 10.2. The van der Waals surface area contributed by atoms with E-state index in [1.807, 2.05) is 32.2 Å². The summed E-state index contributed by atoms with van der Waals surface area (Å²) in [5.41, 5.74) is 1.24. The standard InChI is InChI=1S/C14H18N4OS2.ClH/c1-10(8-15-2)12(19)16-13-17-18-14(21-13)20-9-11-6-4-3-5-7-11;/h3-7,10,15H,8-9H2,1-2H3,(H,16,17,19);1H. The molecule has 0 fully saturated rings. The molecule has 120 valence electrons. The Morgan fingerprint density at radius 2 is 2.05 bits per heavy atom. The van der Waals surface area contributed by atoms with Crippen LogP contribution in [-0.4, -0.2) is 29.7 Å². The van der Waals surface area contributed by atoms with Gasteiger partial charge in [-0.15, -0.1) is 22.6 Å². The molecule has 0 aliphatic carbocycles. The number of anilines is 1. The number of hydrogen-bond acceptors (Lipinski definition) is 6. The van der Waals surface area contributed by atoms with Gasteiger partial charge >= 0.3 is 0 Å². The van der Waals surface area contributed by atoms with E-state index in [1.54, 1.807) is 11.8 Å². The highest BCUT2D eigenvalue weighted by Crippen LogP contribution is 2.28. The number of nitrogens with zero attached hydrogens (tertiary/aromatic N) is 2. The van der Waals surface area contributed by atoms with Crippen molar-refractivity contribution in [2.45, 2.75) is 17.0 Å². The third kappa shape index (κ3) is 5.92. The van der Waals surface area contributed by atoms with Crippen molar-refractivity contribution in [2.75, 3.05) is 18.9 Å². The molecule has 22 heavy (non-hydrogen) atoms. The Labute approximate surface area is 144 Å². The third-order valence-electron chi connectivity index (χ3n) is 2.80. The van der Waals surface area contributed by atoms with Crippen molar-refractivity contribution in [3.05, 3.63) is 35.9 Å². The summed E-state index contributed by atoms with van der Waals surface area (Å²) >= 11 is 3.03. The predicted molar refractivity (Wildman–Crippen MR) is 94.9 cm³/mol. The van der Waals surface area contributed by atoms with E-state index in [0.717, 1.165) is 10.1 Å². The van der Waals surface area contributed by atoms with Gasteiger partial charge in [-0.1, -0.05) is 60.4 Å². The van der Waals surface area contributed by atoms with Crippen LogP contribution in [0.4, 0.5) is 5.13 Å². The zero-order valence-electron chi connectivity index (χ0n) is 12.4. The van der Waals surface area contributed by atoms with Crippen LogP contribution < -0.4 is 10.6 Å². The molecule has 1 heterocycles. The molecule has 0 aliphatic heterocycles. The van der Waals surface area contributed by atoms with Crippen LogP contribution >= 0.6 is 35.5 Å². The quantitative estimate of drug-likeness (QED) is 0.588. The number of rotatable bonds is 7. The van der Waals surface area contributed by atoms with Gasteiger partial charge in [-0.2, -0.15) is 0 Å². The van der Waals surface area contributed by atoms with Gasteiger partial charge in [0.2, 0.25) is 11.0 Å². The minimum Gasteiger partial charge on any atom is -0.319 e. The number of thioether (sulfide) groups is 1. The van der Waals surface area contributed by atoms with Gasteiger partial charge in [0.15, 0.2) is 4.34 Å². The van der Waals surface area contributed by atoms with Crippen LogP contribution in [-0.2, 0) is 10.5 Å². The fraction of sp³-hybridized carbons (Fsp3) is 0.357. The van der Waals surface area contributed by atoms with Crippen LogP contribution in [0.25, 0.3) is 0 Å². The van der Waals surface area contributed by atoms with E-state index in [9.17, 15) is 4.79 Å². The zero-order valence-corrected chi connectivity index (χ0v) is 14.9. The number of nitrogens with one attached hydrogen (secondary N) is 2. The molecule has 0 radical (unpaired) electrons. The second kappa shape index (κ2) is 9.78. The summed E-state index contributed by atoms with van der Waals surface area (Å²) in [5, 5.41) is 14.4. The van der Waals surface area contributed by atoms with Gasteiger partial charge in [-0.3, -0.25) is 4.79 Å². The second-order valence-electron chi connectivity index (χ2n) is 4.60. The molecule has 1 unspecified atom stereocenters. The molecule has 1 aromatic carbocycles. The number of halogens is 1. The molecular weight excluding hydrogens is 340 g/mol. The lowest BCUT2D eigenvalue weighted by molar-refractivity contribution is -0.119. The first-order valence-electron chi connectivity index (χ1n) is 6.64. The van der Waals surface area contributed by atoms with Crippen molar-refractivity contribution in [3.63, 3.8) is 0 Å². The molecule has 2 rings (SSSR count). The Morgan fingerprint density at radius 3 is 2.73 bits per heavy atom. The molecule has 8 heteroatoms. The number of carbonyl (C=O) groups is 1. The van der Waals surface area contributed by atoms with Crippen molar-refractivity contribution in [2.24, 2.45) is 5.92 Å². The molecule has 1 aromatic heterocycles. The van der Waals surface area contributed by atoms with Crippen LogP contribution in [0.1, 0.15) is 12.5 Å². The van der Waals surface area contributed by atoms with Crippen LogP contribution in [0.2, 0.25) is 0 Å². The summed E-state index contributed by atoms with van der Waals surface area (Å²) in [6.45, 7) is 2.51. The molecular formula is C14H19ClN4OS2. The SMILES string of the molecule is CNCC(C)C(=O)Nc1nnc(SCc2ccccc2)s1.Cl. The van der Waals surface area contributed by atoms with E-state index < -0.39 is 0 Å². The van der Waals surface area contributed by atoms with Crippen LogP contribution in [0.5, 0.6) is 0 Å². The molecule has 2 aromatic rings. The molecule has 1 amide bonds. The number of aromatic nitrogens is 2. The normalized spacial score (nSPS) is 11.5. The van der Waals surface area contributed by atoms with E-state index >= 15 is 0 Å². The maximum Gasteiger partial charge on any atom is 0.230 e. The Morgan fingerprint density at radius 1 is 1.32 bits per heavy atom. The van der Waals surface area contributed by atoms with Crippen molar-refractivity contribution in [1.82, 2.24) is 15.5 Å². The third-order valence-corrected chi connectivity index (χ3v) is 4.84. The number of hydrogen-bond donors (Lipinski definition) is 2. The fourth-order valence-electron chi connectivity index (χ4n) is 1.67. The Bertz CT molecular complexity index is 579. The van der Waals surface area contributed by atoms with E-state index in [2.05, 4.69) is 33.0 Å². The maximum atomic E-state index is 11.9. The van der Waals surface area contributed by atoms with Crippen LogP contribution in [0.15, 0.2) is 34.7 Å². The molecule has 2 N–H and O–H groups in total. The average molecular weight is 359 g/mol. The molecule has 0 spiro atoms. The lowest BCUT2D eigenvalue weighted by atomic mass is 10.2. The van der Waals surface area contributed by atoms with E-state index in [0.29, 0.717) is 11.7 Å². The van der Waals surface area contributed by atoms with Gasteiger partial charge in [0.25, 0.3) is 0 Å². The number of benzene rings is 1. The van der Waals surface area contributed by atoms with Gasteiger partial charge in [-0.05, 0) is 12.6 Å². The summed E-state index contributed by atoms with van der Waals surface area (Å²) in [7, 11) is 1.83. The predicted octanol–water partition coefficient (Wildman–Crippen LogP) is 3.05. The van der Waals surface area contributed by atoms with Crippen molar-refractivity contribution < 1.29 is 4.79 Å². The lowest BCUT2D eigenvalue weighted by Gasteiger charge is -2.08. The second-order valence-corrected chi connectivity index (χ2v) is 6.80. The minimum absolute atomic E-state index is 0. The van der Waals surface area contributed by atoms with Gasteiger partial charge in [0.05, 0.1) is 0 Å². The highest BCUT2D eigenvalue weighted by molar-refractivity contribution is 8.00. The van der Waals surface area contributed by atoms with Gasteiger partial charge in [0, 0.05) is 18.2 Å². The Balaban J connectivity index is 0.00000242. The first kappa shape index (κ1) is 18.9. The highest BCUT2D eigenvalue weighted by Gasteiger charge is 2.14. The average Bonchev–Trinajstić information content (AvgIpc) is 2.94. The molecule has 5 nitrogen and oxygen atoms in total. The Kier molecular flexibility index (Phi) is 8.40. The van der Waals surface area contributed by atoms with Crippen molar-refractivity contribution in [3.8, 4) is 0 Å². The number of amides is 1. The maximum absolute atomic E-state index is 11.9.